The van der Waals surface area contributed by atoms with E-state index in [1.54, 1.807) is 0 Å². The Kier molecular flexibility index (Phi) is 5.44. The molecule has 0 bridgehead atoms. The lowest BCUT2D eigenvalue weighted by Gasteiger charge is -1.95. The predicted molar refractivity (Wildman–Crippen MR) is 58.0 cm³/mol. The highest BCUT2D eigenvalue weighted by atomic mass is 15.3. The summed E-state index contributed by atoms with van der Waals surface area (Å²) < 4.78 is 1.97. The van der Waals surface area contributed by atoms with Crippen molar-refractivity contribution < 1.29 is 0 Å². The summed E-state index contributed by atoms with van der Waals surface area (Å²) >= 11 is 0. The van der Waals surface area contributed by atoms with Crippen molar-refractivity contribution in [1.29, 1.82) is 0 Å². The minimum Gasteiger partial charge on any atom is -0.272 e. The fraction of sp³-hybridized carbons (Fsp3) is 0.727. The Bertz CT molecular complexity index is 249. The minimum atomic E-state index is 1.05. The van der Waals surface area contributed by atoms with Gasteiger partial charge in [-0.05, 0) is 25.3 Å². The first-order valence-corrected chi connectivity index (χ1v) is 5.22. The topological polar surface area (TPSA) is 17.8 Å². The molecule has 0 saturated heterocycles. The summed E-state index contributed by atoms with van der Waals surface area (Å²) in [5, 5.41) is 4.42. The molecule has 1 aromatic rings. The van der Waals surface area contributed by atoms with E-state index in [2.05, 4.69) is 25.9 Å². The quantitative estimate of drug-likeness (QED) is 0.687. The van der Waals surface area contributed by atoms with Gasteiger partial charge in [-0.3, -0.25) is 4.68 Å². The van der Waals surface area contributed by atoms with Crippen molar-refractivity contribution in [2.24, 2.45) is 7.05 Å². The van der Waals surface area contributed by atoms with Gasteiger partial charge in [0.1, 0.15) is 0 Å². The summed E-state index contributed by atoms with van der Waals surface area (Å²) in [7, 11) is 2.01. The number of nitrogens with zero attached hydrogens (tertiary/aromatic N) is 2. The van der Waals surface area contributed by atoms with E-state index in [0.29, 0.717) is 0 Å². The zero-order valence-electron chi connectivity index (χ0n) is 9.81. The summed E-state index contributed by atoms with van der Waals surface area (Å²) in [6.45, 7) is 10.5. The molecule has 0 aliphatic carbocycles. The Morgan fingerprint density at radius 2 is 1.69 bits per heavy atom. The number of hydrogen-bond donors (Lipinski definition) is 0. The van der Waals surface area contributed by atoms with Crippen LogP contribution in [0, 0.1) is 6.92 Å². The van der Waals surface area contributed by atoms with Crippen molar-refractivity contribution in [3.05, 3.63) is 17.0 Å². The first-order chi connectivity index (χ1) is 6.20. The highest BCUT2D eigenvalue weighted by Crippen LogP contribution is 2.13. The molecule has 0 saturated carbocycles. The molecule has 13 heavy (non-hydrogen) atoms. The van der Waals surface area contributed by atoms with Gasteiger partial charge in [0, 0.05) is 12.7 Å². The van der Waals surface area contributed by atoms with Crippen molar-refractivity contribution in [2.75, 3.05) is 0 Å². The number of rotatable bonds is 2. The Morgan fingerprint density at radius 1 is 1.15 bits per heavy atom. The van der Waals surface area contributed by atoms with Gasteiger partial charge in [0.05, 0.1) is 5.69 Å². The number of hydrogen-bond acceptors (Lipinski definition) is 1. The first-order valence-electron chi connectivity index (χ1n) is 5.22. The van der Waals surface area contributed by atoms with Gasteiger partial charge in [-0.2, -0.15) is 5.10 Å². The van der Waals surface area contributed by atoms with Gasteiger partial charge in [0.2, 0.25) is 0 Å². The van der Waals surface area contributed by atoms with Crippen molar-refractivity contribution in [2.45, 2.75) is 47.5 Å². The average Bonchev–Trinajstić information content (AvgIpc) is 2.46. The van der Waals surface area contributed by atoms with Gasteiger partial charge >= 0.3 is 0 Å². The van der Waals surface area contributed by atoms with E-state index in [1.807, 2.05) is 25.6 Å². The number of aromatic nitrogens is 2. The molecule has 1 aromatic heterocycles. The SMILES string of the molecule is CC.CCc1nn(C)c(C)c1CC. The van der Waals surface area contributed by atoms with Gasteiger partial charge in [-0.15, -0.1) is 0 Å². The first kappa shape index (κ1) is 12.2. The molecule has 0 aliphatic rings. The van der Waals surface area contributed by atoms with Gasteiger partial charge in [-0.1, -0.05) is 27.7 Å². The van der Waals surface area contributed by atoms with Crippen molar-refractivity contribution >= 4 is 0 Å². The van der Waals surface area contributed by atoms with Crippen LogP contribution in [0.15, 0.2) is 0 Å². The lowest BCUT2D eigenvalue weighted by molar-refractivity contribution is 0.723. The van der Waals surface area contributed by atoms with Crippen LogP contribution < -0.4 is 0 Å². The molecule has 0 amide bonds. The molecule has 0 N–H and O–H groups in total. The zero-order valence-corrected chi connectivity index (χ0v) is 9.81. The molecule has 0 atom stereocenters. The zero-order chi connectivity index (χ0) is 10.4. The van der Waals surface area contributed by atoms with E-state index in [9.17, 15) is 0 Å². The Labute approximate surface area is 82.0 Å². The molecule has 0 fully saturated rings. The van der Waals surface area contributed by atoms with Crippen LogP contribution in [0.3, 0.4) is 0 Å². The van der Waals surface area contributed by atoms with Crippen LogP contribution in [0.5, 0.6) is 0 Å². The van der Waals surface area contributed by atoms with Crippen LogP contribution in [0.4, 0.5) is 0 Å². The molecule has 2 nitrogen and oxygen atoms in total. The molecule has 1 heterocycles. The lowest BCUT2D eigenvalue weighted by atomic mass is 10.1. The molecule has 0 unspecified atom stereocenters. The van der Waals surface area contributed by atoms with E-state index < -0.39 is 0 Å². The third kappa shape index (κ3) is 2.58. The van der Waals surface area contributed by atoms with Gasteiger partial charge < -0.3 is 0 Å². The monoisotopic (exact) mass is 182 g/mol. The third-order valence-electron chi connectivity index (χ3n) is 2.23. The van der Waals surface area contributed by atoms with Crippen LogP contribution in [0.2, 0.25) is 0 Å². The lowest BCUT2D eigenvalue weighted by Crippen LogP contribution is -1.93. The summed E-state index contributed by atoms with van der Waals surface area (Å²) in [4.78, 5) is 0. The highest BCUT2D eigenvalue weighted by molar-refractivity contribution is 5.25. The Balaban J connectivity index is 0.000000671. The molecule has 0 spiro atoms. The fourth-order valence-corrected chi connectivity index (χ4v) is 1.46. The average molecular weight is 182 g/mol. The Morgan fingerprint density at radius 3 is 2.00 bits per heavy atom. The van der Waals surface area contributed by atoms with E-state index >= 15 is 0 Å². The van der Waals surface area contributed by atoms with Crippen molar-refractivity contribution in [3.63, 3.8) is 0 Å². The van der Waals surface area contributed by atoms with E-state index in [-0.39, 0.29) is 0 Å². The normalized spacial score (nSPS) is 9.38. The molecular weight excluding hydrogens is 160 g/mol. The van der Waals surface area contributed by atoms with Crippen LogP contribution in [-0.2, 0) is 19.9 Å². The number of aryl methyl sites for hydroxylation is 2. The maximum atomic E-state index is 4.42. The summed E-state index contributed by atoms with van der Waals surface area (Å²) in [6, 6.07) is 0. The molecule has 0 radical (unpaired) electrons. The third-order valence-corrected chi connectivity index (χ3v) is 2.23. The van der Waals surface area contributed by atoms with Gasteiger partial charge in [-0.25, -0.2) is 0 Å². The van der Waals surface area contributed by atoms with Crippen LogP contribution in [0.1, 0.15) is 44.6 Å². The smallest absolute Gasteiger partial charge is 0.0656 e. The highest BCUT2D eigenvalue weighted by Gasteiger charge is 2.07. The van der Waals surface area contributed by atoms with Crippen LogP contribution in [0.25, 0.3) is 0 Å². The molecule has 0 aliphatic heterocycles. The molecule has 2 heteroatoms. The summed E-state index contributed by atoms with van der Waals surface area (Å²) in [5.41, 5.74) is 3.99. The van der Waals surface area contributed by atoms with Gasteiger partial charge in [0.25, 0.3) is 0 Å². The van der Waals surface area contributed by atoms with Crippen molar-refractivity contribution in [3.8, 4) is 0 Å². The van der Waals surface area contributed by atoms with Crippen LogP contribution in [-0.4, -0.2) is 9.78 Å². The predicted octanol–water partition coefficient (Wildman–Crippen LogP) is 2.88. The van der Waals surface area contributed by atoms with E-state index in [1.165, 1.54) is 17.0 Å². The summed E-state index contributed by atoms with van der Waals surface area (Å²) in [5.74, 6) is 0. The van der Waals surface area contributed by atoms with Crippen LogP contribution >= 0.6 is 0 Å². The minimum absolute atomic E-state index is 1.05. The second-order valence-corrected chi connectivity index (χ2v) is 2.84. The van der Waals surface area contributed by atoms with Crippen molar-refractivity contribution in [1.82, 2.24) is 9.78 Å². The molecule has 1 rings (SSSR count). The second kappa shape index (κ2) is 5.79. The maximum absolute atomic E-state index is 4.42. The standard InChI is InChI=1S/C9H16N2.C2H6/c1-5-8-7(3)11(4)10-9(8)6-2;1-2/h5-6H2,1-4H3;1-2H3. The maximum Gasteiger partial charge on any atom is 0.0656 e. The molecule has 76 valence electrons. The molecular formula is C11H22N2. The fourth-order valence-electron chi connectivity index (χ4n) is 1.46. The summed E-state index contributed by atoms with van der Waals surface area (Å²) in [6.07, 6.45) is 2.15. The second-order valence-electron chi connectivity index (χ2n) is 2.84. The Hall–Kier alpha value is -0.790. The largest absolute Gasteiger partial charge is 0.272 e. The van der Waals surface area contributed by atoms with E-state index in [4.69, 9.17) is 0 Å². The van der Waals surface area contributed by atoms with E-state index in [0.717, 1.165) is 12.8 Å². The van der Waals surface area contributed by atoms with Gasteiger partial charge in [0.15, 0.2) is 0 Å². The molecule has 0 aromatic carbocycles.